The second-order valence-corrected chi connectivity index (χ2v) is 4.23. The van der Waals surface area contributed by atoms with Gasteiger partial charge >= 0.3 is 0 Å². The van der Waals surface area contributed by atoms with Crippen molar-refractivity contribution in [1.82, 2.24) is 4.98 Å². The minimum atomic E-state index is -0.530. The second-order valence-electron chi connectivity index (χ2n) is 4.23. The van der Waals surface area contributed by atoms with Crippen LogP contribution in [0.3, 0.4) is 0 Å². The number of primary amides is 1. The van der Waals surface area contributed by atoms with Gasteiger partial charge in [0, 0.05) is 18.8 Å². The number of rotatable bonds is 7. The fourth-order valence-corrected chi connectivity index (χ4v) is 1.89. The highest BCUT2D eigenvalue weighted by molar-refractivity contribution is 5.96. The molecule has 1 aromatic heterocycles. The van der Waals surface area contributed by atoms with Gasteiger partial charge in [-0.1, -0.05) is 0 Å². The third kappa shape index (κ3) is 3.63. The van der Waals surface area contributed by atoms with Gasteiger partial charge in [-0.2, -0.15) is 0 Å². The molecule has 2 rings (SSSR count). The second kappa shape index (κ2) is 6.62. The van der Waals surface area contributed by atoms with Gasteiger partial charge in [-0.15, -0.1) is 0 Å². The summed E-state index contributed by atoms with van der Waals surface area (Å²) in [5, 5.41) is 14.5. The zero-order valence-corrected chi connectivity index (χ0v) is 11.1. The molecule has 0 spiro atoms. The number of carbonyl (C=O) groups excluding carboxylic acids is 1. The number of carbonyl (C=O) groups is 1. The SMILES string of the molecule is NC(=O)COCCNc1ccc([N+](=O)[O-])c2cccnc12. The van der Waals surface area contributed by atoms with Crippen molar-refractivity contribution < 1.29 is 14.5 Å². The van der Waals surface area contributed by atoms with Crippen LogP contribution in [0.15, 0.2) is 30.5 Å². The predicted molar refractivity (Wildman–Crippen MR) is 76.9 cm³/mol. The van der Waals surface area contributed by atoms with E-state index in [1.165, 1.54) is 6.07 Å². The third-order valence-electron chi connectivity index (χ3n) is 2.75. The molecule has 0 atom stereocenters. The van der Waals surface area contributed by atoms with E-state index in [1.807, 2.05) is 0 Å². The van der Waals surface area contributed by atoms with Gasteiger partial charge in [0.05, 0.1) is 22.6 Å². The fourth-order valence-electron chi connectivity index (χ4n) is 1.89. The van der Waals surface area contributed by atoms with Crippen LogP contribution in [0.5, 0.6) is 0 Å². The first-order valence-corrected chi connectivity index (χ1v) is 6.21. The molecule has 0 aliphatic heterocycles. The maximum atomic E-state index is 11.0. The van der Waals surface area contributed by atoms with Gasteiger partial charge in [0.25, 0.3) is 5.69 Å². The van der Waals surface area contributed by atoms with Crippen molar-refractivity contribution in [3.8, 4) is 0 Å². The molecule has 0 aliphatic rings. The summed E-state index contributed by atoms with van der Waals surface area (Å²) in [5.74, 6) is -0.530. The van der Waals surface area contributed by atoms with Gasteiger partial charge in [-0.25, -0.2) is 0 Å². The molecule has 2 aromatic rings. The van der Waals surface area contributed by atoms with Crippen LogP contribution in [0.1, 0.15) is 0 Å². The quantitative estimate of drug-likeness (QED) is 0.447. The molecule has 1 heterocycles. The van der Waals surface area contributed by atoms with Crippen LogP contribution in [-0.2, 0) is 9.53 Å². The number of aromatic nitrogens is 1. The molecule has 110 valence electrons. The van der Waals surface area contributed by atoms with Crippen molar-refractivity contribution in [3.63, 3.8) is 0 Å². The number of benzene rings is 1. The summed E-state index contributed by atoms with van der Waals surface area (Å²) in [5.41, 5.74) is 6.14. The maximum absolute atomic E-state index is 11.0. The third-order valence-corrected chi connectivity index (χ3v) is 2.75. The van der Waals surface area contributed by atoms with Gasteiger partial charge in [0.15, 0.2) is 0 Å². The highest BCUT2D eigenvalue weighted by Gasteiger charge is 2.14. The van der Waals surface area contributed by atoms with Crippen LogP contribution in [0, 0.1) is 10.1 Å². The van der Waals surface area contributed by atoms with E-state index in [1.54, 1.807) is 24.4 Å². The van der Waals surface area contributed by atoms with Crippen LogP contribution >= 0.6 is 0 Å². The first-order valence-electron chi connectivity index (χ1n) is 6.21. The fraction of sp³-hybridized carbons (Fsp3) is 0.231. The number of nitrogens with one attached hydrogen (secondary N) is 1. The van der Waals surface area contributed by atoms with Crippen LogP contribution < -0.4 is 11.1 Å². The van der Waals surface area contributed by atoms with Gasteiger partial charge in [0.1, 0.15) is 12.1 Å². The number of non-ortho nitro benzene ring substituents is 1. The molecule has 0 saturated carbocycles. The number of hydrogen-bond donors (Lipinski definition) is 2. The molecule has 0 radical (unpaired) electrons. The van der Waals surface area contributed by atoms with E-state index >= 15 is 0 Å². The Hall–Kier alpha value is -2.74. The molecule has 0 aliphatic carbocycles. The molecule has 1 aromatic carbocycles. The van der Waals surface area contributed by atoms with Gasteiger partial charge in [-0.3, -0.25) is 19.9 Å². The number of hydrogen-bond acceptors (Lipinski definition) is 6. The van der Waals surface area contributed by atoms with E-state index in [4.69, 9.17) is 10.5 Å². The topological polar surface area (TPSA) is 120 Å². The molecule has 1 amide bonds. The number of nitro benzene ring substituents is 1. The summed E-state index contributed by atoms with van der Waals surface area (Å²) in [4.78, 5) is 25.2. The standard InChI is InChI=1S/C13H14N4O4/c14-12(18)8-21-7-6-15-10-3-4-11(17(19)20)9-2-1-5-16-13(9)10/h1-5,15H,6-8H2,(H2,14,18). The summed E-state index contributed by atoms with van der Waals surface area (Å²) in [7, 11) is 0. The molecular formula is C13H14N4O4. The van der Waals surface area contributed by atoms with Crippen molar-refractivity contribution in [2.45, 2.75) is 0 Å². The molecular weight excluding hydrogens is 276 g/mol. The van der Waals surface area contributed by atoms with Crippen molar-refractivity contribution in [2.75, 3.05) is 25.1 Å². The molecule has 0 unspecified atom stereocenters. The monoisotopic (exact) mass is 290 g/mol. The summed E-state index contributed by atoms with van der Waals surface area (Å²) in [6.45, 7) is 0.575. The lowest BCUT2D eigenvalue weighted by Crippen LogP contribution is -2.20. The van der Waals surface area contributed by atoms with E-state index in [0.717, 1.165) is 0 Å². The normalized spacial score (nSPS) is 10.5. The molecule has 0 saturated heterocycles. The number of pyridine rings is 1. The summed E-state index contributed by atoms with van der Waals surface area (Å²) >= 11 is 0. The zero-order valence-electron chi connectivity index (χ0n) is 11.1. The molecule has 21 heavy (non-hydrogen) atoms. The van der Waals surface area contributed by atoms with E-state index in [0.29, 0.717) is 23.1 Å². The first kappa shape index (κ1) is 14.7. The average Bonchev–Trinajstić information content (AvgIpc) is 2.46. The Morgan fingerprint density at radius 3 is 2.95 bits per heavy atom. The summed E-state index contributed by atoms with van der Waals surface area (Å²) in [6, 6.07) is 6.32. The van der Waals surface area contributed by atoms with Crippen LogP contribution in [0.2, 0.25) is 0 Å². The van der Waals surface area contributed by atoms with Crippen molar-refractivity contribution in [3.05, 3.63) is 40.6 Å². The van der Waals surface area contributed by atoms with Gasteiger partial charge in [-0.05, 0) is 18.2 Å². The minimum absolute atomic E-state index is 0.00799. The first-order chi connectivity index (χ1) is 10.1. The molecule has 0 fully saturated rings. The Morgan fingerprint density at radius 2 is 2.24 bits per heavy atom. The average molecular weight is 290 g/mol. The van der Waals surface area contributed by atoms with Gasteiger partial charge < -0.3 is 15.8 Å². The van der Waals surface area contributed by atoms with Crippen molar-refractivity contribution in [2.24, 2.45) is 5.73 Å². The van der Waals surface area contributed by atoms with Crippen molar-refractivity contribution >= 4 is 28.2 Å². The molecule has 8 heteroatoms. The van der Waals surface area contributed by atoms with Crippen LogP contribution in [-0.4, -0.2) is 35.6 Å². The largest absolute Gasteiger partial charge is 0.381 e. The number of nitrogens with two attached hydrogens (primary N) is 1. The summed E-state index contributed by atoms with van der Waals surface area (Å²) in [6.07, 6.45) is 1.57. The smallest absolute Gasteiger partial charge is 0.278 e. The van der Waals surface area contributed by atoms with Crippen LogP contribution in [0.25, 0.3) is 10.9 Å². The Kier molecular flexibility index (Phi) is 4.62. The number of nitrogens with zero attached hydrogens (tertiary/aromatic N) is 2. The number of ether oxygens (including phenoxy) is 1. The number of nitro groups is 1. The number of amides is 1. The predicted octanol–water partition coefficient (Wildman–Crippen LogP) is 1.06. The van der Waals surface area contributed by atoms with E-state index in [2.05, 4.69) is 10.3 Å². The maximum Gasteiger partial charge on any atom is 0.278 e. The highest BCUT2D eigenvalue weighted by Crippen LogP contribution is 2.29. The van der Waals surface area contributed by atoms with E-state index < -0.39 is 10.8 Å². The Labute approximate surface area is 120 Å². The Balaban J connectivity index is 2.12. The highest BCUT2D eigenvalue weighted by atomic mass is 16.6. The summed E-state index contributed by atoms with van der Waals surface area (Å²) < 4.78 is 5.03. The van der Waals surface area contributed by atoms with Crippen LogP contribution in [0.4, 0.5) is 11.4 Å². The zero-order chi connectivity index (χ0) is 15.2. The Morgan fingerprint density at radius 1 is 1.43 bits per heavy atom. The number of fused-ring (bicyclic) bond motifs is 1. The molecule has 3 N–H and O–H groups in total. The number of anilines is 1. The Bertz CT molecular complexity index is 674. The van der Waals surface area contributed by atoms with E-state index in [9.17, 15) is 14.9 Å². The van der Waals surface area contributed by atoms with Crippen molar-refractivity contribution in [1.29, 1.82) is 0 Å². The van der Waals surface area contributed by atoms with E-state index in [-0.39, 0.29) is 18.9 Å². The lowest BCUT2D eigenvalue weighted by molar-refractivity contribution is -0.383. The lowest BCUT2D eigenvalue weighted by Gasteiger charge is -2.09. The minimum Gasteiger partial charge on any atom is -0.381 e. The lowest BCUT2D eigenvalue weighted by atomic mass is 10.1. The molecule has 8 nitrogen and oxygen atoms in total. The van der Waals surface area contributed by atoms with Gasteiger partial charge in [0.2, 0.25) is 5.91 Å². The molecule has 0 bridgehead atoms.